The van der Waals surface area contributed by atoms with Gasteiger partial charge in [-0.3, -0.25) is 19.7 Å². The molecule has 0 aliphatic carbocycles. The van der Waals surface area contributed by atoms with E-state index in [2.05, 4.69) is 16.0 Å². The summed E-state index contributed by atoms with van der Waals surface area (Å²) in [7, 11) is 0. The number of hydrogen-bond acceptors (Lipinski definition) is 5. The van der Waals surface area contributed by atoms with Gasteiger partial charge in [-0.05, 0) is 43.2 Å². The molecule has 5 rings (SSSR count). The Labute approximate surface area is 164 Å². The van der Waals surface area contributed by atoms with E-state index >= 15 is 0 Å². The molecule has 7 heteroatoms. The molecule has 0 spiro atoms. The van der Waals surface area contributed by atoms with E-state index in [0.29, 0.717) is 37.6 Å². The minimum absolute atomic E-state index is 0.0905. The van der Waals surface area contributed by atoms with Crippen molar-refractivity contribution in [2.75, 3.05) is 0 Å². The van der Waals surface area contributed by atoms with Crippen LogP contribution in [0.4, 0.5) is 0 Å². The second-order valence-electron chi connectivity index (χ2n) is 8.54. The van der Waals surface area contributed by atoms with E-state index in [1.54, 1.807) is 4.90 Å². The Balaban J connectivity index is 1.30. The molecule has 0 radical (unpaired) electrons. The fourth-order valence-electron chi connectivity index (χ4n) is 5.32. The van der Waals surface area contributed by atoms with Crippen LogP contribution in [0.2, 0.25) is 0 Å². The molecule has 2 bridgehead atoms. The van der Waals surface area contributed by atoms with Crippen molar-refractivity contribution < 1.29 is 14.4 Å². The van der Waals surface area contributed by atoms with Gasteiger partial charge in [-0.2, -0.15) is 0 Å². The van der Waals surface area contributed by atoms with Gasteiger partial charge < -0.3 is 15.5 Å². The highest BCUT2D eigenvalue weighted by atomic mass is 16.2. The van der Waals surface area contributed by atoms with Gasteiger partial charge in [-0.1, -0.05) is 18.2 Å². The Morgan fingerprint density at radius 1 is 1.07 bits per heavy atom. The van der Waals surface area contributed by atoms with Crippen LogP contribution in [0.25, 0.3) is 0 Å². The number of nitrogens with zero attached hydrogens (tertiary/aromatic N) is 1. The number of fused-ring (bicyclic) bond motifs is 3. The van der Waals surface area contributed by atoms with Crippen LogP contribution < -0.4 is 16.0 Å². The highest BCUT2D eigenvalue weighted by Gasteiger charge is 2.40. The average Bonchev–Trinajstić information content (AvgIpc) is 3.19. The Hall–Kier alpha value is -2.25. The van der Waals surface area contributed by atoms with Gasteiger partial charge in [0.05, 0.1) is 0 Å². The fourth-order valence-corrected chi connectivity index (χ4v) is 5.32. The molecule has 3 fully saturated rings. The van der Waals surface area contributed by atoms with Crippen molar-refractivity contribution in [3.8, 4) is 0 Å². The summed E-state index contributed by atoms with van der Waals surface area (Å²) in [5.41, 5.74) is 2.71. The molecule has 3 N–H and O–H groups in total. The molecule has 3 amide bonds. The van der Waals surface area contributed by atoms with Crippen LogP contribution in [0, 0.1) is 0 Å². The maximum atomic E-state index is 13.1. The van der Waals surface area contributed by atoms with Crippen molar-refractivity contribution in [2.45, 2.75) is 75.8 Å². The van der Waals surface area contributed by atoms with Crippen molar-refractivity contribution >= 4 is 17.7 Å². The summed E-state index contributed by atoms with van der Waals surface area (Å²) < 4.78 is 0. The highest BCUT2D eigenvalue weighted by molar-refractivity contribution is 6.05. The molecule has 4 aliphatic heterocycles. The monoisotopic (exact) mass is 382 g/mol. The smallest absolute Gasteiger partial charge is 0.255 e. The number of imide groups is 1. The van der Waals surface area contributed by atoms with Crippen molar-refractivity contribution in [3.05, 3.63) is 34.9 Å². The molecule has 3 unspecified atom stereocenters. The molecule has 0 saturated carbocycles. The number of hydrogen-bond donors (Lipinski definition) is 3. The average molecular weight is 382 g/mol. The van der Waals surface area contributed by atoms with Crippen molar-refractivity contribution in [1.82, 2.24) is 20.9 Å². The number of piperidine rings is 2. The molecular weight excluding hydrogens is 356 g/mol. The van der Waals surface area contributed by atoms with Gasteiger partial charge in [0.25, 0.3) is 5.91 Å². The fraction of sp³-hybridized carbons (Fsp3) is 0.571. The zero-order chi connectivity index (χ0) is 19.3. The van der Waals surface area contributed by atoms with Crippen molar-refractivity contribution in [1.29, 1.82) is 0 Å². The zero-order valence-electron chi connectivity index (χ0n) is 15.9. The number of rotatable bonds is 4. The first kappa shape index (κ1) is 17.8. The second kappa shape index (κ2) is 6.97. The minimum Gasteiger partial charge on any atom is -0.322 e. The predicted octanol–water partition coefficient (Wildman–Crippen LogP) is 0.820. The largest absolute Gasteiger partial charge is 0.322 e. The molecule has 4 aliphatic rings. The normalized spacial score (nSPS) is 31.9. The lowest BCUT2D eigenvalue weighted by atomic mass is 9.98. The Bertz CT molecular complexity index is 827. The maximum absolute atomic E-state index is 13.1. The Morgan fingerprint density at radius 2 is 1.86 bits per heavy atom. The van der Waals surface area contributed by atoms with E-state index in [-0.39, 0.29) is 24.1 Å². The van der Waals surface area contributed by atoms with Crippen molar-refractivity contribution in [2.24, 2.45) is 0 Å². The molecule has 28 heavy (non-hydrogen) atoms. The van der Waals surface area contributed by atoms with E-state index < -0.39 is 6.04 Å². The molecule has 0 aromatic heterocycles. The Morgan fingerprint density at radius 3 is 2.61 bits per heavy atom. The summed E-state index contributed by atoms with van der Waals surface area (Å²) in [5, 5.41) is 9.68. The van der Waals surface area contributed by atoms with Crippen LogP contribution in [-0.4, -0.2) is 46.8 Å². The van der Waals surface area contributed by atoms with Crippen LogP contribution in [0.1, 0.15) is 60.0 Å². The number of amides is 3. The van der Waals surface area contributed by atoms with E-state index in [1.807, 2.05) is 18.2 Å². The van der Waals surface area contributed by atoms with Gasteiger partial charge in [-0.25, -0.2) is 0 Å². The standard InChI is InChI=1S/C21H26N4O3/c26-18-7-6-17(20(27)24-18)25-11-13-3-1-2-12(19(13)21(25)28)10-22-16-8-14-4-5-15(9-16)23-14/h1-3,14-17,22-23H,4-11H2,(H,24,26,27). The van der Waals surface area contributed by atoms with Crippen LogP contribution >= 0.6 is 0 Å². The first-order valence-corrected chi connectivity index (χ1v) is 10.3. The molecule has 3 saturated heterocycles. The SMILES string of the molecule is O=C1CCC(N2Cc3cccc(CNC4CC5CCC(C4)N5)c3C2=O)C(=O)N1. The topological polar surface area (TPSA) is 90.5 Å². The molecule has 1 aromatic carbocycles. The summed E-state index contributed by atoms with van der Waals surface area (Å²) >= 11 is 0. The van der Waals surface area contributed by atoms with E-state index in [1.165, 1.54) is 12.8 Å². The summed E-state index contributed by atoms with van der Waals surface area (Å²) in [6.45, 7) is 1.11. The van der Waals surface area contributed by atoms with Gasteiger partial charge in [-0.15, -0.1) is 0 Å². The van der Waals surface area contributed by atoms with E-state index in [9.17, 15) is 14.4 Å². The number of carbonyl (C=O) groups excluding carboxylic acids is 3. The first-order valence-electron chi connectivity index (χ1n) is 10.3. The molecule has 7 nitrogen and oxygen atoms in total. The van der Waals surface area contributed by atoms with Gasteiger partial charge in [0.2, 0.25) is 11.8 Å². The lowest BCUT2D eigenvalue weighted by molar-refractivity contribution is -0.136. The second-order valence-corrected chi connectivity index (χ2v) is 8.54. The number of benzene rings is 1. The van der Waals surface area contributed by atoms with E-state index in [0.717, 1.165) is 29.5 Å². The molecule has 148 valence electrons. The quantitative estimate of drug-likeness (QED) is 0.671. The molecule has 1 aromatic rings. The van der Waals surface area contributed by atoms with Crippen LogP contribution in [0.3, 0.4) is 0 Å². The Kier molecular flexibility index (Phi) is 4.44. The zero-order valence-corrected chi connectivity index (χ0v) is 15.9. The predicted molar refractivity (Wildman–Crippen MR) is 102 cm³/mol. The van der Waals surface area contributed by atoms with E-state index in [4.69, 9.17) is 0 Å². The summed E-state index contributed by atoms with van der Waals surface area (Å²) in [6.07, 6.45) is 5.49. The number of nitrogens with one attached hydrogen (secondary N) is 3. The first-order chi connectivity index (χ1) is 13.6. The van der Waals surface area contributed by atoms with Gasteiger partial charge in [0.15, 0.2) is 0 Å². The van der Waals surface area contributed by atoms with Gasteiger partial charge >= 0.3 is 0 Å². The number of carbonyl (C=O) groups is 3. The minimum atomic E-state index is -0.557. The summed E-state index contributed by atoms with van der Waals surface area (Å²) in [5.74, 6) is -0.708. The maximum Gasteiger partial charge on any atom is 0.255 e. The third-order valence-electron chi connectivity index (χ3n) is 6.69. The third-order valence-corrected chi connectivity index (χ3v) is 6.69. The molecule has 4 heterocycles. The van der Waals surface area contributed by atoms with Crippen LogP contribution in [0.15, 0.2) is 18.2 Å². The van der Waals surface area contributed by atoms with Crippen LogP contribution in [-0.2, 0) is 22.7 Å². The highest BCUT2D eigenvalue weighted by Crippen LogP contribution is 2.31. The molecular formula is C21H26N4O3. The lowest BCUT2D eigenvalue weighted by Gasteiger charge is -2.30. The lowest BCUT2D eigenvalue weighted by Crippen LogP contribution is -2.52. The van der Waals surface area contributed by atoms with Crippen molar-refractivity contribution in [3.63, 3.8) is 0 Å². The third kappa shape index (κ3) is 3.12. The molecule has 3 atom stereocenters. The van der Waals surface area contributed by atoms with Crippen LogP contribution in [0.5, 0.6) is 0 Å². The summed E-state index contributed by atoms with van der Waals surface area (Å²) in [6, 6.07) is 7.14. The summed E-state index contributed by atoms with van der Waals surface area (Å²) in [4.78, 5) is 38.4. The van der Waals surface area contributed by atoms with Gasteiger partial charge in [0, 0.05) is 43.2 Å². The van der Waals surface area contributed by atoms with Gasteiger partial charge in [0.1, 0.15) is 6.04 Å².